The quantitative estimate of drug-likeness (QED) is 0.372. The predicted molar refractivity (Wildman–Crippen MR) is 120 cm³/mol. The number of aryl methyl sites for hydroxylation is 1. The lowest BCUT2D eigenvalue weighted by Gasteiger charge is -2.07. The molecule has 0 aliphatic rings. The second kappa shape index (κ2) is 9.69. The lowest BCUT2D eigenvalue weighted by Crippen LogP contribution is -2.26. The number of nitrogens with one attached hydrogen (secondary N) is 3. The monoisotopic (exact) mass is 399 g/mol. The fourth-order valence-electron chi connectivity index (χ4n) is 3.44. The molecule has 0 bridgehead atoms. The van der Waals surface area contributed by atoms with Crippen LogP contribution in [-0.4, -0.2) is 34.2 Å². The Morgan fingerprint density at radius 1 is 0.867 bits per heavy atom. The number of fused-ring (bicyclic) bond motifs is 1. The van der Waals surface area contributed by atoms with Gasteiger partial charge in [0.25, 0.3) is 5.91 Å². The second-order valence-electron chi connectivity index (χ2n) is 7.19. The molecule has 0 saturated carbocycles. The normalized spacial score (nSPS) is 10.8. The summed E-state index contributed by atoms with van der Waals surface area (Å²) in [5.74, 6) is 0.469. The molecule has 0 aliphatic carbocycles. The number of carbonyl (C=O) groups excluding carboxylic acids is 1. The first-order chi connectivity index (χ1) is 14.8. The summed E-state index contributed by atoms with van der Waals surface area (Å²) in [6.07, 6.45) is 4.74. The lowest BCUT2D eigenvalue weighted by molar-refractivity contribution is 0.0947. The molecule has 152 valence electrons. The van der Waals surface area contributed by atoms with Gasteiger partial charge in [0.15, 0.2) is 5.69 Å². The highest BCUT2D eigenvalue weighted by atomic mass is 16.1. The van der Waals surface area contributed by atoms with E-state index in [2.05, 4.69) is 50.1 Å². The number of rotatable bonds is 9. The van der Waals surface area contributed by atoms with Crippen LogP contribution < -0.4 is 10.6 Å². The Labute approximate surface area is 175 Å². The van der Waals surface area contributed by atoms with Crippen LogP contribution in [0.4, 0.5) is 5.82 Å². The standard InChI is InChI=1S/C24H25N5O/c30-24(26-15-6-9-18-7-2-1-3-8-18)22-12-13-23(29-28-22)25-16-14-19-17-27-21-11-5-4-10-20(19)21/h1-5,7-8,10-13,17,27H,6,9,14-16H2,(H,25,29)(H,26,30). The van der Waals surface area contributed by atoms with Crippen molar-refractivity contribution >= 4 is 22.6 Å². The van der Waals surface area contributed by atoms with Gasteiger partial charge in [-0.3, -0.25) is 4.79 Å². The molecule has 0 atom stereocenters. The predicted octanol–water partition coefficient (Wildman–Crippen LogP) is 3.98. The van der Waals surface area contributed by atoms with Crippen LogP contribution in [0.15, 0.2) is 72.9 Å². The Hall–Kier alpha value is -3.67. The van der Waals surface area contributed by atoms with E-state index >= 15 is 0 Å². The molecule has 0 radical (unpaired) electrons. The molecule has 0 fully saturated rings. The summed E-state index contributed by atoms with van der Waals surface area (Å²) in [4.78, 5) is 15.5. The van der Waals surface area contributed by atoms with E-state index in [4.69, 9.17) is 0 Å². The molecule has 30 heavy (non-hydrogen) atoms. The molecule has 6 nitrogen and oxygen atoms in total. The van der Waals surface area contributed by atoms with Crippen molar-refractivity contribution in [3.8, 4) is 0 Å². The van der Waals surface area contributed by atoms with Crippen molar-refractivity contribution in [3.63, 3.8) is 0 Å². The molecular weight excluding hydrogens is 374 g/mol. The lowest BCUT2D eigenvalue weighted by atomic mass is 10.1. The first-order valence-electron chi connectivity index (χ1n) is 10.2. The number of carbonyl (C=O) groups is 1. The molecule has 3 N–H and O–H groups in total. The third-order valence-corrected chi connectivity index (χ3v) is 5.04. The van der Waals surface area contributed by atoms with Crippen LogP contribution in [0, 0.1) is 0 Å². The van der Waals surface area contributed by atoms with E-state index in [1.807, 2.05) is 36.5 Å². The number of hydrogen-bond acceptors (Lipinski definition) is 4. The topological polar surface area (TPSA) is 82.7 Å². The SMILES string of the molecule is O=C(NCCCc1ccccc1)c1ccc(NCCc2c[nH]c3ccccc23)nn1. The van der Waals surface area contributed by atoms with Crippen molar-refractivity contribution in [1.29, 1.82) is 0 Å². The number of aromatic nitrogens is 3. The van der Waals surface area contributed by atoms with Crippen LogP contribution in [0.5, 0.6) is 0 Å². The van der Waals surface area contributed by atoms with Gasteiger partial charge >= 0.3 is 0 Å². The number of amides is 1. The molecule has 4 aromatic rings. The van der Waals surface area contributed by atoms with Crippen molar-refractivity contribution in [1.82, 2.24) is 20.5 Å². The average Bonchev–Trinajstić information content (AvgIpc) is 3.21. The summed E-state index contributed by atoms with van der Waals surface area (Å²) in [5, 5.41) is 15.6. The summed E-state index contributed by atoms with van der Waals surface area (Å²) in [5.41, 5.74) is 4.01. The zero-order valence-electron chi connectivity index (χ0n) is 16.8. The zero-order chi connectivity index (χ0) is 20.6. The summed E-state index contributed by atoms with van der Waals surface area (Å²) in [6, 6.07) is 22.0. The van der Waals surface area contributed by atoms with Gasteiger partial charge in [0.1, 0.15) is 5.82 Å². The van der Waals surface area contributed by atoms with Gasteiger partial charge in [0.2, 0.25) is 0 Å². The fraction of sp³-hybridized carbons (Fsp3) is 0.208. The van der Waals surface area contributed by atoms with E-state index in [9.17, 15) is 4.79 Å². The third-order valence-electron chi connectivity index (χ3n) is 5.04. The molecule has 4 rings (SSSR count). The minimum atomic E-state index is -0.194. The smallest absolute Gasteiger partial charge is 0.271 e. The number of para-hydroxylation sites is 1. The molecule has 6 heteroatoms. The molecule has 0 unspecified atom stereocenters. The maximum Gasteiger partial charge on any atom is 0.271 e. The molecular formula is C24H25N5O. The van der Waals surface area contributed by atoms with E-state index < -0.39 is 0 Å². The Bertz CT molecular complexity index is 1090. The fourth-order valence-corrected chi connectivity index (χ4v) is 3.44. The Balaban J connectivity index is 1.21. The minimum Gasteiger partial charge on any atom is -0.368 e. The van der Waals surface area contributed by atoms with Crippen molar-refractivity contribution < 1.29 is 4.79 Å². The molecule has 0 saturated heterocycles. The molecule has 1 amide bonds. The highest BCUT2D eigenvalue weighted by Crippen LogP contribution is 2.18. The summed E-state index contributed by atoms with van der Waals surface area (Å²) >= 11 is 0. The zero-order valence-corrected chi connectivity index (χ0v) is 16.8. The molecule has 2 aromatic carbocycles. The minimum absolute atomic E-state index is 0.194. The number of benzene rings is 2. The number of H-pyrrole nitrogens is 1. The van der Waals surface area contributed by atoms with E-state index in [0.29, 0.717) is 18.1 Å². The number of hydrogen-bond donors (Lipinski definition) is 3. The summed E-state index contributed by atoms with van der Waals surface area (Å²) in [6.45, 7) is 1.35. The van der Waals surface area contributed by atoms with Crippen LogP contribution in [0.25, 0.3) is 10.9 Å². The number of aromatic amines is 1. The maximum absolute atomic E-state index is 12.2. The van der Waals surface area contributed by atoms with Crippen LogP contribution in [0.1, 0.15) is 28.0 Å². The van der Waals surface area contributed by atoms with Gasteiger partial charge in [-0.25, -0.2) is 0 Å². The van der Waals surface area contributed by atoms with Crippen molar-refractivity contribution in [2.45, 2.75) is 19.3 Å². The van der Waals surface area contributed by atoms with Gasteiger partial charge in [-0.1, -0.05) is 48.5 Å². The number of anilines is 1. The second-order valence-corrected chi connectivity index (χ2v) is 7.19. The van der Waals surface area contributed by atoms with Crippen LogP contribution >= 0.6 is 0 Å². The van der Waals surface area contributed by atoms with Crippen LogP contribution in [-0.2, 0) is 12.8 Å². The van der Waals surface area contributed by atoms with Gasteiger partial charge in [0, 0.05) is 30.2 Å². The summed E-state index contributed by atoms with van der Waals surface area (Å²) in [7, 11) is 0. The molecule has 0 aliphatic heterocycles. The van der Waals surface area contributed by atoms with E-state index in [0.717, 1.165) is 31.3 Å². The van der Waals surface area contributed by atoms with Crippen molar-refractivity contribution in [2.24, 2.45) is 0 Å². The van der Waals surface area contributed by atoms with Gasteiger partial charge in [-0.05, 0) is 48.6 Å². The van der Waals surface area contributed by atoms with E-state index in [-0.39, 0.29) is 5.91 Å². The average molecular weight is 399 g/mol. The van der Waals surface area contributed by atoms with E-state index in [1.165, 1.54) is 16.5 Å². The van der Waals surface area contributed by atoms with Gasteiger partial charge < -0.3 is 15.6 Å². The van der Waals surface area contributed by atoms with Crippen molar-refractivity contribution in [3.05, 3.63) is 89.7 Å². The van der Waals surface area contributed by atoms with Gasteiger partial charge in [-0.2, -0.15) is 0 Å². The Kier molecular flexibility index (Phi) is 6.35. The Morgan fingerprint density at radius 2 is 1.70 bits per heavy atom. The van der Waals surface area contributed by atoms with Gasteiger partial charge in [-0.15, -0.1) is 10.2 Å². The number of nitrogens with zero attached hydrogens (tertiary/aromatic N) is 2. The first-order valence-corrected chi connectivity index (χ1v) is 10.2. The first kappa shape index (κ1) is 19.6. The largest absolute Gasteiger partial charge is 0.368 e. The molecule has 2 aromatic heterocycles. The highest BCUT2D eigenvalue weighted by molar-refractivity contribution is 5.92. The highest BCUT2D eigenvalue weighted by Gasteiger charge is 2.08. The molecule has 0 spiro atoms. The van der Waals surface area contributed by atoms with E-state index in [1.54, 1.807) is 12.1 Å². The Morgan fingerprint density at radius 3 is 2.53 bits per heavy atom. The van der Waals surface area contributed by atoms with Crippen LogP contribution in [0.3, 0.4) is 0 Å². The molecule has 2 heterocycles. The maximum atomic E-state index is 12.2. The van der Waals surface area contributed by atoms with Gasteiger partial charge in [0.05, 0.1) is 0 Å². The van der Waals surface area contributed by atoms with Crippen LogP contribution in [0.2, 0.25) is 0 Å². The summed E-state index contributed by atoms with van der Waals surface area (Å²) < 4.78 is 0. The third kappa shape index (κ3) is 5.03. The van der Waals surface area contributed by atoms with Crippen molar-refractivity contribution in [2.75, 3.05) is 18.4 Å².